The van der Waals surface area contributed by atoms with Crippen LogP contribution >= 0.6 is 0 Å². The van der Waals surface area contributed by atoms with Gasteiger partial charge in [0.1, 0.15) is 0 Å². The summed E-state index contributed by atoms with van der Waals surface area (Å²) in [5.74, 6) is 1.28. The maximum absolute atomic E-state index is 3.94. The number of tetrazole rings is 1. The molecule has 0 radical (unpaired) electrons. The number of nitrogens with one attached hydrogen (secondary N) is 1. The fourth-order valence-corrected chi connectivity index (χ4v) is 1.50. The van der Waals surface area contributed by atoms with Gasteiger partial charge in [0.2, 0.25) is 0 Å². The second-order valence-electron chi connectivity index (χ2n) is 3.90. The summed E-state index contributed by atoms with van der Waals surface area (Å²) in [6, 6.07) is 8.50. The van der Waals surface area contributed by atoms with Gasteiger partial charge in [-0.25, -0.2) is 0 Å². The van der Waals surface area contributed by atoms with Gasteiger partial charge in [0, 0.05) is 6.42 Å². The first kappa shape index (κ1) is 9.83. The Kier molecular flexibility index (Phi) is 2.76. The normalized spacial score (nSPS) is 10.9. The van der Waals surface area contributed by atoms with Gasteiger partial charge in [0.25, 0.3) is 0 Å². The molecule has 0 atom stereocenters. The van der Waals surface area contributed by atoms with Crippen molar-refractivity contribution in [3.63, 3.8) is 0 Å². The number of aromatic nitrogens is 4. The summed E-state index contributed by atoms with van der Waals surface area (Å²) in [5, 5.41) is 13.9. The third kappa shape index (κ3) is 2.40. The van der Waals surface area contributed by atoms with Crippen LogP contribution in [0.3, 0.4) is 0 Å². The van der Waals surface area contributed by atoms with Gasteiger partial charge in [-0.1, -0.05) is 43.3 Å². The van der Waals surface area contributed by atoms with Crippen LogP contribution in [0.25, 0.3) is 0 Å². The molecule has 1 N–H and O–H groups in total. The second kappa shape index (κ2) is 4.21. The van der Waals surface area contributed by atoms with Crippen molar-refractivity contribution in [2.24, 2.45) is 0 Å². The lowest BCUT2D eigenvalue weighted by Crippen LogP contribution is -1.94. The number of rotatable bonds is 3. The van der Waals surface area contributed by atoms with Crippen LogP contribution < -0.4 is 0 Å². The van der Waals surface area contributed by atoms with E-state index in [9.17, 15) is 0 Å². The Morgan fingerprint density at radius 3 is 2.87 bits per heavy atom. The van der Waals surface area contributed by atoms with Crippen LogP contribution in [0.2, 0.25) is 0 Å². The van der Waals surface area contributed by atoms with E-state index in [1.54, 1.807) is 0 Å². The molecular weight excluding hydrogens is 188 g/mol. The molecule has 0 unspecified atom stereocenters. The Bertz CT molecular complexity index is 420. The highest BCUT2D eigenvalue weighted by Gasteiger charge is 2.03. The van der Waals surface area contributed by atoms with E-state index in [2.05, 4.69) is 58.7 Å². The summed E-state index contributed by atoms with van der Waals surface area (Å²) in [4.78, 5) is 0. The number of benzene rings is 1. The SMILES string of the molecule is CC(C)c1cccc(Cc2nn[nH]n2)c1. The van der Waals surface area contributed by atoms with E-state index in [0.717, 1.165) is 12.2 Å². The largest absolute Gasteiger partial charge is 0.178 e. The molecule has 78 valence electrons. The summed E-state index contributed by atoms with van der Waals surface area (Å²) < 4.78 is 0. The first-order valence-electron chi connectivity index (χ1n) is 5.07. The molecule has 15 heavy (non-hydrogen) atoms. The number of H-pyrrole nitrogens is 1. The summed E-state index contributed by atoms with van der Waals surface area (Å²) in [7, 11) is 0. The minimum absolute atomic E-state index is 0.551. The van der Waals surface area contributed by atoms with Crippen molar-refractivity contribution >= 4 is 0 Å². The molecule has 0 aliphatic carbocycles. The van der Waals surface area contributed by atoms with Crippen LogP contribution in [0.1, 0.15) is 36.7 Å². The highest BCUT2D eigenvalue weighted by atomic mass is 15.5. The van der Waals surface area contributed by atoms with Crippen LogP contribution in [-0.2, 0) is 6.42 Å². The van der Waals surface area contributed by atoms with Crippen LogP contribution in [0, 0.1) is 0 Å². The minimum Gasteiger partial charge on any atom is -0.177 e. The Morgan fingerprint density at radius 1 is 1.33 bits per heavy atom. The van der Waals surface area contributed by atoms with E-state index in [1.165, 1.54) is 11.1 Å². The first-order chi connectivity index (χ1) is 7.25. The monoisotopic (exact) mass is 202 g/mol. The molecule has 0 aliphatic rings. The molecule has 1 aromatic heterocycles. The second-order valence-corrected chi connectivity index (χ2v) is 3.90. The Balaban J connectivity index is 2.18. The van der Waals surface area contributed by atoms with E-state index >= 15 is 0 Å². The average molecular weight is 202 g/mol. The van der Waals surface area contributed by atoms with Crippen LogP contribution in [0.5, 0.6) is 0 Å². The fraction of sp³-hybridized carbons (Fsp3) is 0.364. The van der Waals surface area contributed by atoms with Crippen LogP contribution in [0.15, 0.2) is 24.3 Å². The zero-order valence-electron chi connectivity index (χ0n) is 8.94. The Morgan fingerprint density at radius 2 is 2.20 bits per heavy atom. The summed E-state index contributed by atoms with van der Waals surface area (Å²) >= 11 is 0. The Labute approximate surface area is 88.7 Å². The number of hydrogen-bond acceptors (Lipinski definition) is 3. The number of aromatic amines is 1. The number of hydrogen-bond donors (Lipinski definition) is 1. The standard InChI is InChI=1S/C11H14N4/c1-8(2)10-5-3-4-9(6-10)7-11-12-14-15-13-11/h3-6,8H,7H2,1-2H3,(H,12,13,14,15). The topological polar surface area (TPSA) is 54.5 Å². The molecule has 0 aliphatic heterocycles. The van der Waals surface area contributed by atoms with Crippen molar-refractivity contribution in [3.05, 3.63) is 41.2 Å². The molecule has 4 nitrogen and oxygen atoms in total. The van der Waals surface area contributed by atoms with Gasteiger partial charge in [-0.2, -0.15) is 5.21 Å². The molecule has 0 fully saturated rings. The van der Waals surface area contributed by atoms with Crippen LogP contribution in [0.4, 0.5) is 0 Å². The first-order valence-corrected chi connectivity index (χ1v) is 5.07. The predicted molar refractivity (Wildman–Crippen MR) is 57.5 cm³/mol. The summed E-state index contributed by atoms with van der Waals surface area (Å²) in [6.45, 7) is 4.38. The molecule has 4 heteroatoms. The fourth-order valence-electron chi connectivity index (χ4n) is 1.50. The number of nitrogens with zero attached hydrogens (tertiary/aromatic N) is 3. The van der Waals surface area contributed by atoms with E-state index in [-0.39, 0.29) is 0 Å². The molecule has 0 saturated carbocycles. The summed E-state index contributed by atoms with van der Waals surface area (Å²) in [6.07, 6.45) is 0.733. The molecule has 1 heterocycles. The third-order valence-corrected chi connectivity index (χ3v) is 2.37. The molecule has 1 aromatic carbocycles. The maximum Gasteiger partial charge on any atom is 0.178 e. The quantitative estimate of drug-likeness (QED) is 0.827. The molecule has 2 rings (SSSR count). The molecule has 0 saturated heterocycles. The zero-order chi connectivity index (χ0) is 10.7. The van der Waals surface area contributed by atoms with Crippen molar-refractivity contribution in [2.45, 2.75) is 26.2 Å². The van der Waals surface area contributed by atoms with Crippen molar-refractivity contribution in [1.82, 2.24) is 20.6 Å². The van der Waals surface area contributed by atoms with Crippen molar-refractivity contribution < 1.29 is 0 Å². The molecule has 0 spiro atoms. The lowest BCUT2D eigenvalue weighted by Gasteiger charge is -2.06. The van der Waals surface area contributed by atoms with E-state index in [1.807, 2.05) is 0 Å². The van der Waals surface area contributed by atoms with E-state index in [4.69, 9.17) is 0 Å². The lowest BCUT2D eigenvalue weighted by molar-refractivity contribution is 0.861. The lowest BCUT2D eigenvalue weighted by atomic mass is 10.00. The zero-order valence-corrected chi connectivity index (χ0v) is 8.94. The molecule has 0 amide bonds. The van der Waals surface area contributed by atoms with Crippen molar-refractivity contribution in [1.29, 1.82) is 0 Å². The van der Waals surface area contributed by atoms with Gasteiger partial charge in [-0.3, -0.25) is 0 Å². The molecule has 2 aromatic rings. The van der Waals surface area contributed by atoms with Gasteiger partial charge in [0.05, 0.1) is 0 Å². The van der Waals surface area contributed by atoms with Crippen molar-refractivity contribution in [3.8, 4) is 0 Å². The van der Waals surface area contributed by atoms with Gasteiger partial charge in [-0.05, 0) is 17.0 Å². The predicted octanol–water partition coefficient (Wildman–Crippen LogP) is 1.91. The minimum atomic E-state index is 0.551. The highest BCUT2D eigenvalue weighted by molar-refractivity contribution is 5.27. The average Bonchev–Trinajstić information content (AvgIpc) is 2.71. The highest BCUT2D eigenvalue weighted by Crippen LogP contribution is 2.16. The van der Waals surface area contributed by atoms with E-state index < -0.39 is 0 Å². The van der Waals surface area contributed by atoms with Crippen molar-refractivity contribution in [2.75, 3.05) is 0 Å². The van der Waals surface area contributed by atoms with Gasteiger partial charge in [-0.15, -0.1) is 10.2 Å². The van der Waals surface area contributed by atoms with Crippen LogP contribution in [-0.4, -0.2) is 20.6 Å². The Hall–Kier alpha value is -1.71. The van der Waals surface area contributed by atoms with Gasteiger partial charge >= 0.3 is 0 Å². The smallest absolute Gasteiger partial charge is 0.177 e. The van der Waals surface area contributed by atoms with Gasteiger partial charge in [0.15, 0.2) is 5.82 Å². The third-order valence-electron chi connectivity index (χ3n) is 2.37. The molecular formula is C11H14N4. The summed E-state index contributed by atoms with van der Waals surface area (Å²) in [5.41, 5.74) is 2.57. The maximum atomic E-state index is 3.94. The molecule has 0 bridgehead atoms. The van der Waals surface area contributed by atoms with Gasteiger partial charge < -0.3 is 0 Å². The van der Waals surface area contributed by atoms with E-state index in [0.29, 0.717) is 5.92 Å².